The van der Waals surface area contributed by atoms with E-state index in [1.807, 2.05) is 19.1 Å². The molecule has 0 radical (unpaired) electrons. The summed E-state index contributed by atoms with van der Waals surface area (Å²) in [6.45, 7) is 22.3. The van der Waals surface area contributed by atoms with Crippen LogP contribution in [0.5, 0.6) is 0 Å². The van der Waals surface area contributed by atoms with Gasteiger partial charge in [-0.05, 0) is 170 Å². The maximum Gasteiger partial charge on any atom is 0.190 e. The Balaban J connectivity index is 1.56. The standard InChI is InChI=1S/C51H76O2/c1-38(2)20-13-21-39(3)22-14-23-40(4)24-15-25-41(5)26-16-27-42(6)28-17-29-43(7)30-18-31-44(8)32-19-33-45(9)36-37-47-46(10)50(52)48-34-11-12-35-49(48)51(47)53/h11-12,20,22,24,26,30,32,34-35,42,45H,13-19,21,23,25,27-29,31,33,36-37H2,1-10H3. The van der Waals surface area contributed by atoms with Crippen molar-refractivity contribution in [2.45, 2.75) is 178 Å². The lowest BCUT2D eigenvalue weighted by Crippen LogP contribution is -2.21. The van der Waals surface area contributed by atoms with Gasteiger partial charge in [-0.2, -0.15) is 0 Å². The summed E-state index contributed by atoms with van der Waals surface area (Å²) in [7, 11) is 0. The topological polar surface area (TPSA) is 34.1 Å². The van der Waals surface area contributed by atoms with Crippen LogP contribution in [0.15, 0.2) is 105 Å². The van der Waals surface area contributed by atoms with Crippen molar-refractivity contribution in [1.29, 1.82) is 0 Å². The number of ketones is 2. The molecule has 0 aliphatic heterocycles. The summed E-state index contributed by atoms with van der Waals surface area (Å²) >= 11 is 0. The van der Waals surface area contributed by atoms with Gasteiger partial charge in [-0.1, -0.05) is 114 Å². The Morgan fingerprint density at radius 1 is 0.509 bits per heavy atom. The second kappa shape index (κ2) is 25.7. The molecule has 2 unspecified atom stereocenters. The number of fused-ring (bicyclic) bond motifs is 1. The predicted molar refractivity (Wildman–Crippen MR) is 233 cm³/mol. The Bertz CT molecular complexity index is 1530. The summed E-state index contributed by atoms with van der Waals surface area (Å²) in [4.78, 5) is 25.8. The average molecular weight is 721 g/mol. The van der Waals surface area contributed by atoms with Gasteiger partial charge < -0.3 is 0 Å². The van der Waals surface area contributed by atoms with E-state index in [-0.39, 0.29) is 11.6 Å². The van der Waals surface area contributed by atoms with Crippen molar-refractivity contribution >= 4 is 11.6 Å². The number of carbonyl (C=O) groups is 2. The van der Waals surface area contributed by atoms with E-state index in [0.29, 0.717) is 34.6 Å². The molecule has 0 fully saturated rings. The van der Waals surface area contributed by atoms with Crippen molar-refractivity contribution in [3.05, 3.63) is 116 Å². The van der Waals surface area contributed by atoms with Gasteiger partial charge in [0.15, 0.2) is 11.6 Å². The Morgan fingerprint density at radius 3 is 1.38 bits per heavy atom. The summed E-state index contributed by atoms with van der Waals surface area (Å²) in [5.74, 6) is 1.34. The minimum absolute atomic E-state index is 0.00905. The Hall–Kier alpha value is -3.26. The number of rotatable bonds is 25. The molecule has 0 spiro atoms. The largest absolute Gasteiger partial charge is 0.289 e. The third kappa shape index (κ3) is 19.1. The van der Waals surface area contributed by atoms with Gasteiger partial charge in [0.2, 0.25) is 0 Å². The van der Waals surface area contributed by atoms with E-state index in [2.05, 4.69) is 98.8 Å². The van der Waals surface area contributed by atoms with Gasteiger partial charge in [0.1, 0.15) is 0 Å². The summed E-state index contributed by atoms with van der Waals surface area (Å²) in [5, 5.41) is 0. The third-order valence-corrected chi connectivity index (χ3v) is 11.1. The molecule has 1 aliphatic rings. The van der Waals surface area contributed by atoms with Crippen LogP contribution in [-0.4, -0.2) is 11.6 Å². The first-order chi connectivity index (χ1) is 25.3. The number of Topliss-reactive ketones (excluding diaryl/α,β-unsaturated/α-hetero) is 2. The number of benzene rings is 1. The van der Waals surface area contributed by atoms with Crippen molar-refractivity contribution in [3.8, 4) is 0 Å². The lowest BCUT2D eigenvalue weighted by Gasteiger charge is -2.20. The molecule has 1 aliphatic carbocycles. The molecule has 2 atom stereocenters. The zero-order valence-corrected chi connectivity index (χ0v) is 35.8. The van der Waals surface area contributed by atoms with E-state index in [1.165, 1.54) is 85.7 Å². The van der Waals surface area contributed by atoms with E-state index >= 15 is 0 Å². The average Bonchev–Trinajstić information content (AvgIpc) is 3.10. The zero-order valence-electron chi connectivity index (χ0n) is 35.8. The summed E-state index contributed by atoms with van der Waals surface area (Å²) in [5.41, 5.74) is 11.5. The van der Waals surface area contributed by atoms with Gasteiger partial charge in [0.05, 0.1) is 0 Å². The molecule has 0 saturated heterocycles. The van der Waals surface area contributed by atoms with Gasteiger partial charge in [-0.25, -0.2) is 0 Å². The highest BCUT2D eigenvalue weighted by atomic mass is 16.1. The van der Waals surface area contributed by atoms with Gasteiger partial charge >= 0.3 is 0 Å². The fourth-order valence-electron chi connectivity index (χ4n) is 7.23. The minimum atomic E-state index is 0.00905. The van der Waals surface area contributed by atoms with Gasteiger partial charge in [0, 0.05) is 22.3 Å². The second-order valence-electron chi connectivity index (χ2n) is 16.8. The normalized spacial score (nSPS) is 15.9. The lowest BCUT2D eigenvalue weighted by atomic mass is 9.82. The fraction of sp³-hybridized carbons (Fsp3) is 0.569. The fourth-order valence-corrected chi connectivity index (χ4v) is 7.23. The molecule has 2 heteroatoms. The van der Waals surface area contributed by atoms with Crippen molar-refractivity contribution in [3.63, 3.8) is 0 Å². The first kappa shape index (κ1) is 45.9. The van der Waals surface area contributed by atoms with Crippen molar-refractivity contribution in [1.82, 2.24) is 0 Å². The number of hydrogen-bond acceptors (Lipinski definition) is 2. The molecule has 0 amide bonds. The minimum Gasteiger partial charge on any atom is -0.289 e. The van der Waals surface area contributed by atoms with Gasteiger partial charge in [-0.15, -0.1) is 0 Å². The van der Waals surface area contributed by atoms with Gasteiger partial charge in [-0.3, -0.25) is 9.59 Å². The first-order valence-corrected chi connectivity index (χ1v) is 21.1. The molecule has 292 valence electrons. The Labute approximate surface area is 326 Å². The van der Waals surface area contributed by atoms with E-state index in [4.69, 9.17) is 0 Å². The molecule has 0 aromatic heterocycles. The predicted octanol–water partition coefficient (Wildman–Crippen LogP) is 16.0. The van der Waals surface area contributed by atoms with E-state index in [9.17, 15) is 9.59 Å². The third-order valence-electron chi connectivity index (χ3n) is 11.1. The van der Waals surface area contributed by atoms with Crippen LogP contribution in [0, 0.1) is 11.8 Å². The SMILES string of the molecule is CC(C)=CCCC(C)=CCCC(C)=CCCC(C)=CCCC(C)CCCC(C)=CCCC(C)=CCCC(C)CCC1=C(C)C(=O)c2ccccc2C1=O. The van der Waals surface area contributed by atoms with Crippen LogP contribution < -0.4 is 0 Å². The molecule has 1 aromatic rings. The molecule has 0 saturated carbocycles. The van der Waals surface area contributed by atoms with Crippen LogP contribution in [0.3, 0.4) is 0 Å². The molecule has 0 heterocycles. The summed E-state index contributed by atoms with van der Waals surface area (Å²) < 4.78 is 0. The quantitative estimate of drug-likeness (QED) is 0.0943. The highest BCUT2D eigenvalue weighted by molar-refractivity contribution is 6.26. The molecule has 1 aromatic carbocycles. The van der Waals surface area contributed by atoms with Crippen LogP contribution >= 0.6 is 0 Å². The molecule has 0 bridgehead atoms. The smallest absolute Gasteiger partial charge is 0.190 e. The number of hydrogen-bond donors (Lipinski definition) is 0. The van der Waals surface area contributed by atoms with Crippen LogP contribution in [0.25, 0.3) is 0 Å². The van der Waals surface area contributed by atoms with Gasteiger partial charge in [0.25, 0.3) is 0 Å². The summed E-state index contributed by atoms with van der Waals surface area (Å²) in [6.07, 6.45) is 34.0. The van der Waals surface area contributed by atoms with Crippen molar-refractivity contribution in [2.24, 2.45) is 11.8 Å². The van der Waals surface area contributed by atoms with Crippen LogP contribution in [0.2, 0.25) is 0 Å². The molecular formula is C51H76O2. The highest BCUT2D eigenvalue weighted by Gasteiger charge is 2.29. The molecule has 53 heavy (non-hydrogen) atoms. The first-order valence-electron chi connectivity index (χ1n) is 21.1. The highest BCUT2D eigenvalue weighted by Crippen LogP contribution is 2.30. The Morgan fingerprint density at radius 2 is 0.906 bits per heavy atom. The summed E-state index contributed by atoms with van der Waals surface area (Å²) in [6, 6.07) is 7.23. The monoisotopic (exact) mass is 721 g/mol. The molecular weight excluding hydrogens is 645 g/mol. The van der Waals surface area contributed by atoms with Crippen LogP contribution in [-0.2, 0) is 0 Å². The van der Waals surface area contributed by atoms with Crippen LogP contribution in [0.1, 0.15) is 199 Å². The van der Waals surface area contributed by atoms with E-state index in [1.54, 1.807) is 17.7 Å². The van der Waals surface area contributed by atoms with Crippen molar-refractivity contribution in [2.75, 3.05) is 0 Å². The molecule has 2 nitrogen and oxygen atoms in total. The molecule has 2 rings (SSSR count). The van der Waals surface area contributed by atoms with Crippen molar-refractivity contribution < 1.29 is 9.59 Å². The van der Waals surface area contributed by atoms with Crippen LogP contribution in [0.4, 0.5) is 0 Å². The van der Waals surface area contributed by atoms with E-state index < -0.39 is 0 Å². The maximum absolute atomic E-state index is 13.1. The zero-order chi connectivity index (χ0) is 39.2. The number of allylic oxidation sites excluding steroid dienone is 14. The van der Waals surface area contributed by atoms with E-state index in [0.717, 1.165) is 50.9 Å². The Kier molecular flexibility index (Phi) is 22.3. The molecule has 0 N–H and O–H groups in total. The lowest BCUT2D eigenvalue weighted by molar-refractivity contribution is 0.0971. The maximum atomic E-state index is 13.1. The second-order valence-corrected chi connectivity index (χ2v) is 16.8. The number of carbonyl (C=O) groups excluding carboxylic acids is 2.